The largest absolute Gasteiger partial charge is 0.379 e. The number of morpholine rings is 1. The lowest BCUT2D eigenvalue weighted by atomic mass is 10.1. The van der Waals surface area contributed by atoms with Crippen LogP contribution in [0.3, 0.4) is 0 Å². The van der Waals surface area contributed by atoms with Gasteiger partial charge in [-0.2, -0.15) is 0 Å². The number of nitrogens with zero attached hydrogens (tertiary/aromatic N) is 2. The summed E-state index contributed by atoms with van der Waals surface area (Å²) in [5, 5.41) is 3.42. The number of likely N-dealkylation sites (N-methyl/N-ethyl adjacent to an activating group) is 1. The van der Waals surface area contributed by atoms with Gasteiger partial charge in [0.2, 0.25) is 0 Å². The lowest BCUT2D eigenvalue weighted by Gasteiger charge is -2.34. The summed E-state index contributed by atoms with van der Waals surface area (Å²) >= 11 is 0. The molecule has 0 aliphatic carbocycles. The van der Waals surface area contributed by atoms with Crippen molar-refractivity contribution in [3.05, 3.63) is 0 Å². The van der Waals surface area contributed by atoms with Crippen LogP contribution in [0.5, 0.6) is 0 Å². The van der Waals surface area contributed by atoms with Crippen LogP contribution in [0, 0.1) is 0 Å². The van der Waals surface area contributed by atoms with Crippen molar-refractivity contribution >= 4 is 24.8 Å². The van der Waals surface area contributed by atoms with Gasteiger partial charge >= 0.3 is 0 Å². The van der Waals surface area contributed by atoms with Crippen molar-refractivity contribution in [3.63, 3.8) is 0 Å². The standard InChI is InChI=1S/C12H25N3O.2ClH/c1-14(12-2-4-13-5-3-12)6-7-15-8-10-16-11-9-15;;/h12-13H,2-11H2,1H3;2*1H. The first kappa shape index (κ1) is 18.4. The molecular formula is C12H27Cl2N3O. The number of nitrogens with one attached hydrogen (secondary N) is 1. The van der Waals surface area contributed by atoms with Crippen molar-refractivity contribution in [2.45, 2.75) is 18.9 Å². The van der Waals surface area contributed by atoms with Gasteiger partial charge < -0.3 is 15.0 Å². The molecule has 0 spiro atoms. The molecule has 2 fully saturated rings. The molecule has 2 rings (SSSR count). The van der Waals surface area contributed by atoms with Crippen LogP contribution in [0.2, 0.25) is 0 Å². The molecular weight excluding hydrogens is 273 g/mol. The van der Waals surface area contributed by atoms with E-state index in [1.54, 1.807) is 0 Å². The lowest BCUT2D eigenvalue weighted by molar-refractivity contribution is 0.0318. The van der Waals surface area contributed by atoms with E-state index in [1.165, 1.54) is 39.0 Å². The monoisotopic (exact) mass is 299 g/mol. The van der Waals surface area contributed by atoms with Gasteiger partial charge in [-0.15, -0.1) is 24.8 Å². The maximum atomic E-state index is 5.36. The fourth-order valence-electron chi connectivity index (χ4n) is 2.55. The lowest BCUT2D eigenvalue weighted by Crippen LogP contribution is -2.45. The molecule has 2 aliphatic heterocycles. The van der Waals surface area contributed by atoms with Gasteiger partial charge in [-0.05, 0) is 33.0 Å². The Bertz CT molecular complexity index is 198. The van der Waals surface area contributed by atoms with Gasteiger partial charge in [-0.25, -0.2) is 0 Å². The van der Waals surface area contributed by atoms with Crippen molar-refractivity contribution in [2.75, 3.05) is 59.5 Å². The predicted octanol–water partition coefficient (Wildman–Crippen LogP) is 0.846. The van der Waals surface area contributed by atoms with E-state index in [0.717, 1.165) is 32.3 Å². The molecule has 0 amide bonds. The Hall–Kier alpha value is 0.420. The molecule has 0 radical (unpaired) electrons. The van der Waals surface area contributed by atoms with E-state index < -0.39 is 0 Å². The van der Waals surface area contributed by atoms with E-state index >= 15 is 0 Å². The normalized spacial score (nSPS) is 22.3. The van der Waals surface area contributed by atoms with E-state index in [1.807, 2.05) is 0 Å². The summed E-state index contributed by atoms with van der Waals surface area (Å²) in [4.78, 5) is 5.05. The number of ether oxygens (including phenoxy) is 1. The number of hydrogen-bond donors (Lipinski definition) is 1. The Morgan fingerprint density at radius 1 is 1.17 bits per heavy atom. The summed E-state index contributed by atoms with van der Waals surface area (Å²) in [6, 6.07) is 0.794. The number of rotatable bonds is 4. The molecule has 0 unspecified atom stereocenters. The topological polar surface area (TPSA) is 27.7 Å². The SMILES string of the molecule is CN(CCN1CCOCC1)C1CCNCC1.Cl.Cl. The summed E-state index contributed by atoms with van der Waals surface area (Å²) in [5.41, 5.74) is 0. The van der Waals surface area contributed by atoms with E-state index in [2.05, 4.69) is 22.2 Å². The highest BCUT2D eigenvalue weighted by molar-refractivity contribution is 5.85. The summed E-state index contributed by atoms with van der Waals surface area (Å²) in [6.45, 7) is 8.82. The van der Waals surface area contributed by atoms with Crippen LogP contribution in [0.4, 0.5) is 0 Å². The molecule has 1 N–H and O–H groups in total. The molecule has 2 aliphatic rings. The van der Waals surface area contributed by atoms with Crippen LogP contribution in [0.15, 0.2) is 0 Å². The van der Waals surface area contributed by atoms with Crippen molar-refractivity contribution in [1.29, 1.82) is 0 Å². The Morgan fingerprint density at radius 2 is 1.78 bits per heavy atom. The summed E-state index contributed by atoms with van der Waals surface area (Å²) in [5.74, 6) is 0. The minimum Gasteiger partial charge on any atom is -0.379 e. The quantitative estimate of drug-likeness (QED) is 0.833. The third-order valence-electron chi connectivity index (χ3n) is 3.80. The van der Waals surface area contributed by atoms with Crippen LogP contribution in [-0.2, 0) is 4.74 Å². The summed E-state index contributed by atoms with van der Waals surface area (Å²) in [6.07, 6.45) is 2.61. The van der Waals surface area contributed by atoms with Crippen LogP contribution in [0.1, 0.15) is 12.8 Å². The molecule has 0 aromatic rings. The first-order valence-corrected chi connectivity index (χ1v) is 6.57. The fourth-order valence-corrected chi connectivity index (χ4v) is 2.55. The number of piperidine rings is 1. The Balaban J connectivity index is 0.00000144. The zero-order valence-corrected chi connectivity index (χ0v) is 12.9. The second-order valence-corrected chi connectivity index (χ2v) is 4.92. The maximum Gasteiger partial charge on any atom is 0.0594 e. The van der Waals surface area contributed by atoms with E-state index in [-0.39, 0.29) is 24.8 Å². The predicted molar refractivity (Wildman–Crippen MR) is 80.3 cm³/mol. The smallest absolute Gasteiger partial charge is 0.0594 e. The van der Waals surface area contributed by atoms with Gasteiger partial charge in [0, 0.05) is 32.2 Å². The van der Waals surface area contributed by atoms with Crippen LogP contribution in [0.25, 0.3) is 0 Å². The molecule has 0 aromatic carbocycles. The molecule has 2 heterocycles. The Labute approximate surface area is 123 Å². The van der Waals surface area contributed by atoms with Crippen LogP contribution in [-0.4, -0.2) is 75.4 Å². The summed E-state index contributed by atoms with van der Waals surface area (Å²) < 4.78 is 5.36. The van der Waals surface area contributed by atoms with Crippen molar-refractivity contribution < 1.29 is 4.74 Å². The average molecular weight is 300 g/mol. The minimum atomic E-state index is 0. The molecule has 0 atom stereocenters. The zero-order valence-electron chi connectivity index (χ0n) is 11.3. The van der Waals surface area contributed by atoms with E-state index in [0.29, 0.717) is 0 Å². The van der Waals surface area contributed by atoms with Crippen LogP contribution >= 0.6 is 24.8 Å². The van der Waals surface area contributed by atoms with Crippen molar-refractivity contribution in [3.8, 4) is 0 Å². The highest BCUT2D eigenvalue weighted by Gasteiger charge is 2.18. The average Bonchev–Trinajstić information content (AvgIpc) is 2.38. The first-order valence-electron chi connectivity index (χ1n) is 6.57. The third-order valence-corrected chi connectivity index (χ3v) is 3.80. The highest BCUT2D eigenvalue weighted by Crippen LogP contribution is 2.09. The molecule has 110 valence electrons. The maximum absolute atomic E-state index is 5.36. The Morgan fingerprint density at radius 3 is 2.39 bits per heavy atom. The highest BCUT2D eigenvalue weighted by atomic mass is 35.5. The summed E-state index contributed by atoms with van der Waals surface area (Å²) in [7, 11) is 2.27. The fraction of sp³-hybridized carbons (Fsp3) is 1.00. The third kappa shape index (κ3) is 6.04. The molecule has 6 heteroatoms. The number of hydrogen-bond acceptors (Lipinski definition) is 4. The number of halogens is 2. The Kier molecular flexibility index (Phi) is 10.5. The van der Waals surface area contributed by atoms with Gasteiger partial charge in [-0.1, -0.05) is 0 Å². The van der Waals surface area contributed by atoms with E-state index in [9.17, 15) is 0 Å². The molecule has 4 nitrogen and oxygen atoms in total. The minimum absolute atomic E-state index is 0. The second-order valence-electron chi connectivity index (χ2n) is 4.92. The zero-order chi connectivity index (χ0) is 11.2. The van der Waals surface area contributed by atoms with Crippen LogP contribution < -0.4 is 5.32 Å². The van der Waals surface area contributed by atoms with E-state index in [4.69, 9.17) is 4.74 Å². The van der Waals surface area contributed by atoms with Gasteiger partial charge in [0.1, 0.15) is 0 Å². The van der Waals surface area contributed by atoms with Gasteiger partial charge in [0.05, 0.1) is 13.2 Å². The molecule has 2 saturated heterocycles. The molecule has 0 aromatic heterocycles. The molecule has 0 saturated carbocycles. The van der Waals surface area contributed by atoms with Crippen molar-refractivity contribution in [1.82, 2.24) is 15.1 Å². The van der Waals surface area contributed by atoms with Crippen molar-refractivity contribution in [2.24, 2.45) is 0 Å². The van der Waals surface area contributed by atoms with Gasteiger partial charge in [0.15, 0.2) is 0 Å². The molecule has 18 heavy (non-hydrogen) atoms. The molecule has 0 bridgehead atoms. The second kappa shape index (κ2) is 10.2. The van der Waals surface area contributed by atoms with Gasteiger partial charge in [-0.3, -0.25) is 4.90 Å². The first-order chi connectivity index (χ1) is 7.86. The van der Waals surface area contributed by atoms with Gasteiger partial charge in [0.25, 0.3) is 0 Å².